The van der Waals surface area contributed by atoms with Crippen LogP contribution in [0.1, 0.15) is 0 Å². The van der Waals surface area contributed by atoms with E-state index in [2.05, 4.69) is 4.18 Å². The summed E-state index contributed by atoms with van der Waals surface area (Å²) in [6, 6.07) is 8.04. The summed E-state index contributed by atoms with van der Waals surface area (Å²) in [7, 11) is -0.881. The Morgan fingerprint density at radius 2 is 1.57 bits per heavy atom. The van der Waals surface area contributed by atoms with Crippen LogP contribution in [0.2, 0.25) is 0 Å². The average Bonchev–Trinajstić information content (AvgIpc) is 2.65. The summed E-state index contributed by atoms with van der Waals surface area (Å²) in [5.74, 6) is 0.716. The maximum Gasteiger partial charge on any atom is 0.488 e. The van der Waals surface area contributed by atoms with Crippen LogP contribution < -0.4 is 23.8 Å². The van der Waals surface area contributed by atoms with Gasteiger partial charge >= 0.3 is 10.5 Å². The molecule has 3 rings (SSSR count). The van der Waals surface area contributed by atoms with E-state index < -0.39 is 10.5 Å². The maximum absolute atomic E-state index is 12.7. The van der Waals surface area contributed by atoms with Gasteiger partial charge in [-0.1, -0.05) is 3.89 Å². The van der Waals surface area contributed by atoms with Crippen LogP contribution in [0.25, 0.3) is 22.3 Å². The van der Waals surface area contributed by atoms with Crippen LogP contribution in [0.5, 0.6) is 23.0 Å². The summed E-state index contributed by atoms with van der Waals surface area (Å²) in [6.45, 7) is 0. The smallest absolute Gasteiger partial charge is 0.488 e. The van der Waals surface area contributed by atoms with Crippen LogP contribution in [-0.4, -0.2) is 29.7 Å². The van der Waals surface area contributed by atoms with Gasteiger partial charge in [0.25, 0.3) is 0 Å². The fraction of sp³-hybridized carbons (Fsp3) is 0.167. The maximum atomic E-state index is 12.7. The average molecular weight is 410 g/mol. The number of halogens is 1. The first-order valence-electron chi connectivity index (χ1n) is 7.78. The van der Waals surface area contributed by atoms with Crippen molar-refractivity contribution < 1.29 is 35.1 Å². The van der Waals surface area contributed by atoms with Crippen molar-refractivity contribution in [1.29, 1.82) is 0 Å². The van der Waals surface area contributed by atoms with Gasteiger partial charge in [-0.25, -0.2) is 0 Å². The van der Waals surface area contributed by atoms with Gasteiger partial charge in [0.1, 0.15) is 22.5 Å². The van der Waals surface area contributed by atoms with E-state index in [1.54, 1.807) is 0 Å². The topological polar surface area (TPSA) is 101 Å². The van der Waals surface area contributed by atoms with Crippen molar-refractivity contribution >= 4 is 21.5 Å². The minimum atomic E-state index is -5.13. The highest BCUT2D eigenvalue weighted by Gasteiger charge is 2.20. The van der Waals surface area contributed by atoms with E-state index in [0.717, 1.165) is 0 Å². The lowest BCUT2D eigenvalue weighted by molar-refractivity contribution is 0.326. The Labute approximate surface area is 159 Å². The van der Waals surface area contributed by atoms with Crippen molar-refractivity contribution in [2.24, 2.45) is 0 Å². The second kappa shape index (κ2) is 7.39. The van der Waals surface area contributed by atoms with Gasteiger partial charge in [0.2, 0.25) is 5.75 Å². The summed E-state index contributed by atoms with van der Waals surface area (Å²) in [6.07, 6.45) is 0. The molecule has 0 fully saturated rings. The quantitative estimate of drug-likeness (QED) is 0.572. The van der Waals surface area contributed by atoms with Gasteiger partial charge in [0.15, 0.2) is 16.9 Å². The third-order valence-electron chi connectivity index (χ3n) is 3.86. The van der Waals surface area contributed by atoms with Crippen molar-refractivity contribution in [3.8, 4) is 34.3 Å². The van der Waals surface area contributed by atoms with Crippen molar-refractivity contribution in [2.75, 3.05) is 21.3 Å². The highest BCUT2D eigenvalue weighted by molar-refractivity contribution is 7.81. The molecule has 0 amide bonds. The molecular formula is C18H15FO8S. The van der Waals surface area contributed by atoms with Gasteiger partial charge in [-0.15, -0.1) is 0 Å². The van der Waals surface area contributed by atoms with Gasteiger partial charge in [0.05, 0.1) is 21.3 Å². The fourth-order valence-corrected chi connectivity index (χ4v) is 3.06. The second-order valence-electron chi connectivity index (χ2n) is 5.49. The van der Waals surface area contributed by atoms with Crippen molar-refractivity contribution in [2.45, 2.75) is 0 Å². The number of fused-ring (bicyclic) bond motifs is 1. The van der Waals surface area contributed by atoms with Crippen molar-refractivity contribution in [3.63, 3.8) is 0 Å². The Hall–Kier alpha value is -3.27. The molecule has 1 heterocycles. The molecule has 28 heavy (non-hydrogen) atoms. The van der Waals surface area contributed by atoms with Gasteiger partial charge in [-0.05, 0) is 24.3 Å². The molecule has 0 bridgehead atoms. The zero-order valence-electron chi connectivity index (χ0n) is 15.0. The lowest BCUT2D eigenvalue weighted by atomic mass is 10.1. The molecule has 10 heteroatoms. The SMILES string of the molecule is COc1cc2oc(-c3ccc(OS(=O)(=O)F)cc3)cc(=O)c2c(OC)c1OC. The Kier molecular flexibility index (Phi) is 5.14. The number of hydrogen-bond donors (Lipinski definition) is 0. The Balaban J connectivity index is 2.15. The first kappa shape index (κ1) is 19.5. The highest BCUT2D eigenvalue weighted by atomic mass is 32.3. The zero-order valence-corrected chi connectivity index (χ0v) is 15.8. The normalized spacial score (nSPS) is 11.3. The molecule has 0 aliphatic heterocycles. The number of hydrogen-bond acceptors (Lipinski definition) is 8. The van der Waals surface area contributed by atoms with E-state index in [-0.39, 0.29) is 39.4 Å². The lowest BCUT2D eigenvalue weighted by Crippen LogP contribution is -2.05. The summed E-state index contributed by atoms with van der Waals surface area (Å²) < 4.78 is 59.4. The molecule has 0 saturated heterocycles. The minimum absolute atomic E-state index is 0.173. The van der Waals surface area contributed by atoms with Crippen LogP contribution >= 0.6 is 0 Å². The largest absolute Gasteiger partial charge is 0.493 e. The van der Waals surface area contributed by atoms with Crippen molar-refractivity contribution in [3.05, 3.63) is 46.6 Å². The van der Waals surface area contributed by atoms with Gasteiger partial charge < -0.3 is 22.8 Å². The fourth-order valence-electron chi connectivity index (χ4n) is 2.72. The van der Waals surface area contributed by atoms with Crippen LogP contribution in [0.15, 0.2) is 45.6 Å². The molecule has 3 aromatic rings. The molecule has 0 spiro atoms. The molecule has 0 radical (unpaired) electrons. The van der Waals surface area contributed by atoms with E-state index in [1.165, 1.54) is 57.7 Å². The van der Waals surface area contributed by atoms with E-state index in [9.17, 15) is 17.1 Å². The standard InChI is InChI=1S/C18H15FO8S/c1-23-15-9-14-16(18(25-3)17(15)24-2)12(20)8-13(26-14)10-4-6-11(7-5-10)27-28(19,21)22/h4-9H,1-3H3. The lowest BCUT2D eigenvalue weighted by Gasteiger charge is -2.14. The first-order valence-corrected chi connectivity index (χ1v) is 9.09. The van der Waals surface area contributed by atoms with Gasteiger partial charge in [-0.2, -0.15) is 8.42 Å². The zero-order chi connectivity index (χ0) is 20.5. The number of benzene rings is 2. The predicted octanol–water partition coefficient (Wildman–Crippen LogP) is 3.08. The molecule has 0 atom stereocenters. The molecule has 0 saturated carbocycles. The molecular weight excluding hydrogens is 395 g/mol. The van der Waals surface area contributed by atoms with E-state index in [4.69, 9.17) is 18.6 Å². The predicted molar refractivity (Wildman–Crippen MR) is 98.2 cm³/mol. The van der Waals surface area contributed by atoms with Gasteiger partial charge in [-0.3, -0.25) is 4.79 Å². The van der Waals surface area contributed by atoms with E-state index >= 15 is 0 Å². The Bertz CT molecular complexity index is 1180. The molecule has 148 valence electrons. The summed E-state index contributed by atoms with van der Waals surface area (Å²) in [4.78, 5) is 12.7. The molecule has 2 aromatic carbocycles. The summed E-state index contributed by atoms with van der Waals surface area (Å²) in [5.41, 5.74) is 0.251. The number of ether oxygens (including phenoxy) is 3. The molecule has 8 nitrogen and oxygen atoms in total. The number of rotatable bonds is 6. The monoisotopic (exact) mass is 410 g/mol. The van der Waals surface area contributed by atoms with Crippen LogP contribution in [0.3, 0.4) is 0 Å². The Morgan fingerprint density at radius 3 is 2.11 bits per heavy atom. The summed E-state index contributed by atoms with van der Waals surface area (Å²) >= 11 is 0. The van der Waals surface area contributed by atoms with Gasteiger partial charge in [0, 0.05) is 17.7 Å². The molecule has 0 unspecified atom stereocenters. The molecule has 0 aliphatic rings. The third-order valence-corrected chi connectivity index (χ3v) is 4.25. The van der Waals surface area contributed by atoms with Crippen molar-refractivity contribution in [1.82, 2.24) is 0 Å². The molecule has 0 aliphatic carbocycles. The first-order chi connectivity index (χ1) is 13.3. The Morgan fingerprint density at radius 1 is 0.929 bits per heavy atom. The van der Waals surface area contributed by atoms with E-state index in [0.29, 0.717) is 11.3 Å². The highest BCUT2D eigenvalue weighted by Crippen LogP contribution is 2.42. The second-order valence-corrected chi connectivity index (χ2v) is 6.45. The van der Waals surface area contributed by atoms with Crippen LogP contribution in [0.4, 0.5) is 3.89 Å². The molecule has 1 aromatic heterocycles. The minimum Gasteiger partial charge on any atom is -0.493 e. The van der Waals surface area contributed by atoms with Crippen LogP contribution in [0, 0.1) is 0 Å². The number of methoxy groups -OCH3 is 3. The summed E-state index contributed by atoms with van der Waals surface area (Å²) in [5, 5.41) is 0.173. The van der Waals surface area contributed by atoms with Crippen LogP contribution in [-0.2, 0) is 10.5 Å². The third kappa shape index (κ3) is 3.72. The van der Waals surface area contributed by atoms with E-state index in [1.807, 2.05) is 0 Å². The molecule has 0 N–H and O–H groups in total.